The molecule has 2 nitrogen and oxygen atoms in total. The lowest BCUT2D eigenvalue weighted by Gasteiger charge is -2.14. The molecule has 44 heavy (non-hydrogen) atoms. The molecule has 9 aromatic rings. The zero-order valence-electron chi connectivity index (χ0n) is 23.9. The topological polar surface area (TPSA) is 18.1 Å². The first-order valence-corrected chi connectivity index (χ1v) is 15.0. The summed E-state index contributed by atoms with van der Waals surface area (Å²) < 4.78 is 9.00. The molecule has 206 valence electrons. The van der Waals surface area contributed by atoms with Crippen molar-refractivity contribution in [1.29, 1.82) is 0 Å². The standard InChI is InChI=1S/C42H27NO/c1-3-11-28(12-4-1)30-21-23-31(24-22-30)33-25-32(29-13-5-2-6-14-29)26-34(27-33)43-37-17-9-16-36-35-15-7-8-19-39(35)44-40-20-10-18-38(43)42(40)41(36)37/h1-27H. The van der Waals surface area contributed by atoms with Gasteiger partial charge in [0.1, 0.15) is 11.2 Å². The zero-order valence-corrected chi connectivity index (χ0v) is 23.9. The predicted octanol–water partition coefficient (Wildman–Crippen LogP) is 11.7. The average Bonchev–Trinajstić information content (AvgIpc) is 3.36. The first-order valence-electron chi connectivity index (χ1n) is 15.0. The van der Waals surface area contributed by atoms with Gasteiger partial charge in [0.15, 0.2) is 0 Å². The molecule has 2 heteroatoms. The van der Waals surface area contributed by atoms with Gasteiger partial charge in [0.05, 0.1) is 16.4 Å². The molecule has 0 saturated heterocycles. The maximum Gasteiger partial charge on any atom is 0.137 e. The van der Waals surface area contributed by atoms with E-state index in [2.05, 4.69) is 162 Å². The van der Waals surface area contributed by atoms with Crippen LogP contribution in [0.2, 0.25) is 0 Å². The number of rotatable bonds is 4. The van der Waals surface area contributed by atoms with Gasteiger partial charge in [0.2, 0.25) is 0 Å². The van der Waals surface area contributed by atoms with Crippen molar-refractivity contribution in [1.82, 2.24) is 4.57 Å². The minimum atomic E-state index is 0.889. The Morgan fingerprint density at radius 1 is 0.341 bits per heavy atom. The molecule has 0 radical (unpaired) electrons. The van der Waals surface area contributed by atoms with Gasteiger partial charge in [-0.3, -0.25) is 0 Å². The summed E-state index contributed by atoms with van der Waals surface area (Å²) in [6.45, 7) is 0. The van der Waals surface area contributed by atoms with Crippen LogP contribution in [0.4, 0.5) is 0 Å². The van der Waals surface area contributed by atoms with Gasteiger partial charge in [0.25, 0.3) is 0 Å². The van der Waals surface area contributed by atoms with Crippen LogP contribution in [-0.4, -0.2) is 4.57 Å². The Hall–Kier alpha value is -5.86. The number of benzene rings is 7. The molecule has 0 spiro atoms. The lowest BCUT2D eigenvalue weighted by molar-refractivity contribution is 0.664. The molecule has 0 N–H and O–H groups in total. The second-order valence-corrected chi connectivity index (χ2v) is 11.4. The normalized spacial score (nSPS) is 11.6. The van der Waals surface area contributed by atoms with E-state index >= 15 is 0 Å². The third kappa shape index (κ3) is 3.89. The smallest absolute Gasteiger partial charge is 0.137 e. The third-order valence-corrected chi connectivity index (χ3v) is 8.78. The number of para-hydroxylation sites is 1. The van der Waals surface area contributed by atoms with E-state index in [0.29, 0.717) is 0 Å². The molecule has 0 aliphatic heterocycles. The maximum absolute atomic E-state index is 6.59. The number of hydrogen-bond acceptors (Lipinski definition) is 1. The van der Waals surface area contributed by atoms with Crippen molar-refractivity contribution in [2.24, 2.45) is 0 Å². The summed E-state index contributed by atoms with van der Waals surface area (Å²) >= 11 is 0. The monoisotopic (exact) mass is 561 g/mol. The first kappa shape index (κ1) is 24.7. The summed E-state index contributed by atoms with van der Waals surface area (Å²) in [6, 6.07) is 58.4. The predicted molar refractivity (Wildman–Crippen MR) is 184 cm³/mol. The second kappa shape index (κ2) is 9.86. The zero-order chi connectivity index (χ0) is 29.0. The van der Waals surface area contributed by atoms with Crippen molar-refractivity contribution in [3.63, 3.8) is 0 Å². The second-order valence-electron chi connectivity index (χ2n) is 11.4. The molecule has 0 fully saturated rings. The Balaban J connectivity index is 1.33. The molecular formula is C42H27NO. The van der Waals surface area contributed by atoms with Gasteiger partial charge in [-0.25, -0.2) is 0 Å². The van der Waals surface area contributed by atoms with Crippen molar-refractivity contribution >= 4 is 43.7 Å². The Morgan fingerprint density at radius 3 is 1.55 bits per heavy atom. The Kier molecular flexibility index (Phi) is 5.54. The molecule has 2 aromatic heterocycles. The largest absolute Gasteiger partial charge is 0.456 e. The van der Waals surface area contributed by atoms with Crippen LogP contribution in [0.25, 0.3) is 82.8 Å². The van der Waals surface area contributed by atoms with Crippen molar-refractivity contribution in [2.75, 3.05) is 0 Å². The molecule has 0 amide bonds. The summed E-state index contributed by atoms with van der Waals surface area (Å²) in [5, 5.41) is 4.68. The maximum atomic E-state index is 6.59. The van der Waals surface area contributed by atoms with E-state index in [9.17, 15) is 0 Å². The number of fused-ring (bicyclic) bond motifs is 2. The van der Waals surface area contributed by atoms with Crippen LogP contribution >= 0.6 is 0 Å². The SMILES string of the molecule is c1ccc(-c2ccc(-c3cc(-c4ccccc4)cc(-n4c5cccc6oc7ccccc7c7cccc4c7c65)c3)cc2)cc1. The van der Waals surface area contributed by atoms with Gasteiger partial charge in [-0.1, -0.05) is 121 Å². The Bertz CT molecular complexity index is 2470. The fourth-order valence-electron chi connectivity index (χ4n) is 6.75. The van der Waals surface area contributed by atoms with Gasteiger partial charge in [-0.2, -0.15) is 0 Å². The molecule has 9 rings (SSSR count). The lowest BCUT2D eigenvalue weighted by atomic mass is 9.96. The van der Waals surface area contributed by atoms with Crippen LogP contribution in [-0.2, 0) is 0 Å². The minimum Gasteiger partial charge on any atom is -0.456 e. The fourth-order valence-corrected chi connectivity index (χ4v) is 6.75. The summed E-state index contributed by atoms with van der Waals surface area (Å²) in [6.07, 6.45) is 0. The van der Waals surface area contributed by atoms with E-state index in [1.54, 1.807) is 0 Å². The molecule has 7 aromatic carbocycles. The highest BCUT2D eigenvalue weighted by Crippen LogP contribution is 2.42. The van der Waals surface area contributed by atoms with Crippen molar-refractivity contribution in [2.45, 2.75) is 0 Å². The van der Waals surface area contributed by atoms with Crippen LogP contribution < -0.4 is 0 Å². The molecule has 0 aliphatic carbocycles. The quantitative estimate of drug-likeness (QED) is 0.209. The molecule has 0 bridgehead atoms. The van der Waals surface area contributed by atoms with Crippen LogP contribution in [0, 0.1) is 0 Å². The molecule has 2 heterocycles. The van der Waals surface area contributed by atoms with E-state index in [-0.39, 0.29) is 0 Å². The lowest BCUT2D eigenvalue weighted by Crippen LogP contribution is -1.96. The van der Waals surface area contributed by atoms with E-state index in [1.165, 1.54) is 49.7 Å². The summed E-state index contributed by atoms with van der Waals surface area (Å²) in [5.41, 5.74) is 12.4. The average molecular weight is 562 g/mol. The highest BCUT2D eigenvalue weighted by molar-refractivity contribution is 6.26. The molecule has 0 atom stereocenters. The van der Waals surface area contributed by atoms with E-state index in [4.69, 9.17) is 4.42 Å². The summed E-state index contributed by atoms with van der Waals surface area (Å²) in [4.78, 5) is 0. The molecule has 0 aliphatic rings. The van der Waals surface area contributed by atoms with Gasteiger partial charge >= 0.3 is 0 Å². The highest BCUT2D eigenvalue weighted by atomic mass is 16.3. The molecular weight excluding hydrogens is 534 g/mol. The van der Waals surface area contributed by atoms with Crippen LogP contribution in [0.1, 0.15) is 0 Å². The number of nitrogens with zero attached hydrogens (tertiary/aromatic N) is 1. The van der Waals surface area contributed by atoms with Crippen LogP contribution in [0.5, 0.6) is 0 Å². The minimum absolute atomic E-state index is 0.889. The number of aromatic nitrogens is 1. The molecule has 0 saturated carbocycles. The van der Waals surface area contributed by atoms with Crippen molar-refractivity contribution in [3.05, 3.63) is 164 Å². The Labute approximate surface area is 255 Å². The van der Waals surface area contributed by atoms with Crippen molar-refractivity contribution < 1.29 is 4.42 Å². The summed E-state index contributed by atoms with van der Waals surface area (Å²) in [5.74, 6) is 0. The van der Waals surface area contributed by atoms with Gasteiger partial charge in [0, 0.05) is 16.5 Å². The van der Waals surface area contributed by atoms with Crippen LogP contribution in [0.15, 0.2) is 168 Å². The summed E-state index contributed by atoms with van der Waals surface area (Å²) in [7, 11) is 0. The van der Waals surface area contributed by atoms with E-state index < -0.39 is 0 Å². The molecule has 0 unspecified atom stereocenters. The highest BCUT2D eigenvalue weighted by Gasteiger charge is 2.19. The first-order chi connectivity index (χ1) is 21.8. The van der Waals surface area contributed by atoms with E-state index in [0.717, 1.165) is 33.1 Å². The number of hydrogen-bond donors (Lipinski definition) is 0. The fraction of sp³-hybridized carbons (Fsp3) is 0. The van der Waals surface area contributed by atoms with Crippen molar-refractivity contribution in [3.8, 4) is 39.1 Å². The van der Waals surface area contributed by atoms with E-state index in [1.807, 2.05) is 6.07 Å². The van der Waals surface area contributed by atoms with Gasteiger partial charge < -0.3 is 8.98 Å². The van der Waals surface area contributed by atoms with Gasteiger partial charge in [-0.15, -0.1) is 0 Å². The van der Waals surface area contributed by atoms with Gasteiger partial charge in [-0.05, 0) is 81.2 Å². The van der Waals surface area contributed by atoms with Crippen LogP contribution in [0.3, 0.4) is 0 Å². The Morgan fingerprint density at radius 2 is 0.841 bits per heavy atom. The third-order valence-electron chi connectivity index (χ3n) is 8.78.